The summed E-state index contributed by atoms with van der Waals surface area (Å²) in [5.74, 6) is 0.00315. The van der Waals surface area contributed by atoms with E-state index in [2.05, 4.69) is 17.6 Å². The first-order chi connectivity index (χ1) is 11.0. The van der Waals surface area contributed by atoms with Crippen LogP contribution in [0.1, 0.15) is 26.2 Å². The molecule has 0 saturated carbocycles. The first kappa shape index (κ1) is 17.5. The average Bonchev–Trinajstić information content (AvgIpc) is 2.48. The predicted octanol–water partition coefficient (Wildman–Crippen LogP) is 2.27. The monoisotopic (exact) mass is 341 g/mol. The molecule has 2 N–H and O–H groups in total. The van der Waals surface area contributed by atoms with Crippen LogP contribution in [-0.4, -0.2) is 36.1 Å². The average molecular weight is 342 g/mol. The van der Waals surface area contributed by atoms with Crippen molar-refractivity contribution in [2.24, 2.45) is 0 Å². The molecule has 0 radical (unpaired) electrons. The van der Waals surface area contributed by atoms with Gasteiger partial charge in [-0.3, -0.25) is 14.9 Å². The Hall–Kier alpha value is -1.86. The summed E-state index contributed by atoms with van der Waals surface area (Å²) in [5.41, 5.74) is -0.204. The summed E-state index contributed by atoms with van der Waals surface area (Å²) in [6.45, 7) is 3.05. The Morgan fingerprint density at radius 1 is 1.57 bits per heavy atom. The summed E-state index contributed by atoms with van der Waals surface area (Å²) in [7, 11) is 0. The number of amides is 1. The molecule has 1 aromatic carbocycles. The number of nitrogens with zero attached hydrogens (tertiary/aromatic N) is 1. The van der Waals surface area contributed by atoms with Gasteiger partial charge >= 0.3 is 5.69 Å². The number of halogens is 1. The molecule has 0 aromatic heterocycles. The van der Waals surface area contributed by atoms with E-state index in [1.54, 1.807) is 0 Å². The number of benzene rings is 1. The van der Waals surface area contributed by atoms with Crippen LogP contribution in [0.25, 0.3) is 0 Å². The van der Waals surface area contributed by atoms with Crippen molar-refractivity contribution in [2.75, 3.05) is 13.2 Å². The topological polar surface area (TPSA) is 93.5 Å². The standard InChI is InChI=1S/C15H20ClN3O4/c1-10-8-12(4-6-17-10)18-15(20)5-7-23-14-3-2-11(16)9-13(14)19(21)22/h2-3,9-10,12,17H,4-8H2,1H3,(H,18,20). The zero-order valence-corrected chi connectivity index (χ0v) is 13.6. The largest absolute Gasteiger partial charge is 0.486 e. The molecule has 1 saturated heterocycles. The van der Waals surface area contributed by atoms with E-state index in [1.807, 2.05) is 0 Å². The lowest BCUT2D eigenvalue weighted by atomic mass is 10.0. The number of ether oxygens (including phenoxy) is 1. The number of carbonyl (C=O) groups excluding carboxylic acids is 1. The van der Waals surface area contributed by atoms with Crippen molar-refractivity contribution in [2.45, 2.75) is 38.3 Å². The molecule has 1 fully saturated rings. The second-order valence-corrected chi connectivity index (χ2v) is 6.05. The number of hydrogen-bond acceptors (Lipinski definition) is 5. The maximum Gasteiger partial charge on any atom is 0.312 e. The van der Waals surface area contributed by atoms with Gasteiger partial charge in [-0.05, 0) is 38.4 Å². The van der Waals surface area contributed by atoms with E-state index in [-0.39, 0.29) is 41.4 Å². The fraction of sp³-hybridized carbons (Fsp3) is 0.533. The number of hydrogen-bond donors (Lipinski definition) is 2. The second-order valence-electron chi connectivity index (χ2n) is 5.61. The van der Waals surface area contributed by atoms with E-state index in [0.717, 1.165) is 19.4 Å². The first-order valence-electron chi connectivity index (χ1n) is 7.55. The number of nitro groups is 1. The molecule has 1 aliphatic heterocycles. The van der Waals surface area contributed by atoms with Gasteiger partial charge in [-0.1, -0.05) is 11.6 Å². The molecule has 7 nitrogen and oxygen atoms in total. The van der Waals surface area contributed by atoms with Crippen LogP contribution < -0.4 is 15.4 Å². The lowest BCUT2D eigenvalue weighted by Crippen LogP contribution is -2.46. The summed E-state index contributed by atoms with van der Waals surface area (Å²) in [5, 5.41) is 17.5. The van der Waals surface area contributed by atoms with Gasteiger partial charge in [0.15, 0.2) is 5.75 Å². The molecular weight excluding hydrogens is 322 g/mol. The maximum absolute atomic E-state index is 11.9. The van der Waals surface area contributed by atoms with Crippen molar-refractivity contribution in [3.8, 4) is 5.75 Å². The Balaban J connectivity index is 1.80. The minimum absolute atomic E-state index is 0.0782. The Kier molecular flexibility index (Phi) is 6.18. The molecule has 2 atom stereocenters. The molecule has 1 aromatic rings. The van der Waals surface area contributed by atoms with E-state index in [9.17, 15) is 14.9 Å². The van der Waals surface area contributed by atoms with Gasteiger partial charge < -0.3 is 15.4 Å². The number of carbonyl (C=O) groups is 1. The second kappa shape index (κ2) is 8.12. The molecule has 0 bridgehead atoms. The van der Waals surface area contributed by atoms with Crippen molar-refractivity contribution < 1.29 is 14.5 Å². The molecule has 2 unspecified atom stereocenters. The fourth-order valence-electron chi connectivity index (χ4n) is 2.57. The zero-order valence-electron chi connectivity index (χ0n) is 12.9. The highest BCUT2D eigenvalue weighted by Crippen LogP contribution is 2.29. The summed E-state index contributed by atoms with van der Waals surface area (Å²) in [6, 6.07) is 4.74. The van der Waals surface area contributed by atoms with Crippen LogP contribution in [0.2, 0.25) is 5.02 Å². The van der Waals surface area contributed by atoms with Crippen molar-refractivity contribution in [3.05, 3.63) is 33.3 Å². The third-order valence-corrected chi connectivity index (χ3v) is 3.93. The Morgan fingerprint density at radius 2 is 2.35 bits per heavy atom. The molecule has 126 valence electrons. The third-order valence-electron chi connectivity index (χ3n) is 3.69. The lowest BCUT2D eigenvalue weighted by Gasteiger charge is -2.28. The van der Waals surface area contributed by atoms with E-state index in [1.165, 1.54) is 18.2 Å². The van der Waals surface area contributed by atoms with E-state index < -0.39 is 4.92 Å². The fourth-order valence-corrected chi connectivity index (χ4v) is 2.74. The number of rotatable bonds is 6. The van der Waals surface area contributed by atoms with Gasteiger partial charge in [0, 0.05) is 23.2 Å². The predicted molar refractivity (Wildman–Crippen MR) is 86.8 cm³/mol. The van der Waals surface area contributed by atoms with Gasteiger partial charge in [-0.15, -0.1) is 0 Å². The highest BCUT2D eigenvalue weighted by molar-refractivity contribution is 6.30. The van der Waals surface area contributed by atoms with Gasteiger partial charge in [0.05, 0.1) is 18.0 Å². The van der Waals surface area contributed by atoms with Crippen LogP contribution in [0, 0.1) is 10.1 Å². The molecular formula is C15H20ClN3O4. The smallest absolute Gasteiger partial charge is 0.312 e. The summed E-state index contributed by atoms with van der Waals surface area (Å²) in [6.07, 6.45) is 1.95. The van der Waals surface area contributed by atoms with Crippen LogP contribution in [0.5, 0.6) is 5.75 Å². The van der Waals surface area contributed by atoms with Crippen molar-refractivity contribution in [1.29, 1.82) is 0 Å². The van der Waals surface area contributed by atoms with Gasteiger partial charge in [0.2, 0.25) is 5.91 Å². The summed E-state index contributed by atoms with van der Waals surface area (Å²) >= 11 is 5.74. The summed E-state index contributed by atoms with van der Waals surface area (Å²) < 4.78 is 5.36. The van der Waals surface area contributed by atoms with Crippen LogP contribution in [-0.2, 0) is 4.79 Å². The Labute approximate surface area is 139 Å². The molecule has 2 rings (SSSR count). The van der Waals surface area contributed by atoms with Crippen LogP contribution >= 0.6 is 11.6 Å². The minimum atomic E-state index is -0.558. The SMILES string of the molecule is CC1CC(NC(=O)CCOc2ccc(Cl)cc2[N+](=O)[O-])CCN1. The first-order valence-corrected chi connectivity index (χ1v) is 7.93. The minimum Gasteiger partial charge on any atom is -0.486 e. The van der Waals surface area contributed by atoms with E-state index >= 15 is 0 Å². The van der Waals surface area contributed by atoms with Crippen LogP contribution in [0.4, 0.5) is 5.69 Å². The molecule has 0 aliphatic carbocycles. The molecule has 23 heavy (non-hydrogen) atoms. The van der Waals surface area contributed by atoms with E-state index in [4.69, 9.17) is 16.3 Å². The van der Waals surface area contributed by atoms with Gasteiger partial charge in [0.25, 0.3) is 0 Å². The molecule has 1 amide bonds. The van der Waals surface area contributed by atoms with Gasteiger partial charge in [-0.2, -0.15) is 0 Å². The quantitative estimate of drug-likeness (QED) is 0.611. The van der Waals surface area contributed by atoms with Crippen LogP contribution in [0.3, 0.4) is 0 Å². The normalized spacial score (nSPS) is 20.8. The van der Waals surface area contributed by atoms with Crippen molar-refractivity contribution in [3.63, 3.8) is 0 Å². The summed E-state index contributed by atoms with van der Waals surface area (Å²) in [4.78, 5) is 22.3. The molecule has 1 heterocycles. The Bertz CT molecular complexity index is 582. The zero-order chi connectivity index (χ0) is 16.8. The van der Waals surface area contributed by atoms with Gasteiger partial charge in [-0.25, -0.2) is 0 Å². The number of piperidine rings is 1. The lowest BCUT2D eigenvalue weighted by molar-refractivity contribution is -0.385. The highest BCUT2D eigenvalue weighted by atomic mass is 35.5. The van der Waals surface area contributed by atoms with Crippen molar-refractivity contribution in [1.82, 2.24) is 10.6 Å². The van der Waals surface area contributed by atoms with E-state index in [0.29, 0.717) is 6.04 Å². The van der Waals surface area contributed by atoms with Crippen LogP contribution in [0.15, 0.2) is 18.2 Å². The highest BCUT2D eigenvalue weighted by Gasteiger charge is 2.20. The maximum atomic E-state index is 11.9. The number of nitrogens with one attached hydrogen (secondary N) is 2. The van der Waals surface area contributed by atoms with Gasteiger partial charge in [0.1, 0.15) is 0 Å². The van der Waals surface area contributed by atoms with Crippen molar-refractivity contribution >= 4 is 23.2 Å². The number of nitro benzene ring substituents is 1. The Morgan fingerprint density at radius 3 is 3.04 bits per heavy atom. The molecule has 8 heteroatoms. The molecule has 0 spiro atoms. The third kappa shape index (κ3) is 5.37. The molecule has 1 aliphatic rings.